The Kier molecular flexibility index (Phi) is 3.90. The van der Waals surface area contributed by atoms with Crippen molar-refractivity contribution < 1.29 is 0 Å². The van der Waals surface area contributed by atoms with E-state index in [0.717, 1.165) is 23.6 Å². The van der Waals surface area contributed by atoms with E-state index in [1.807, 2.05) is 6.92 Å². The highest BCUT2D eigenvalue weighted by Gasteiger charge is 2.10. The minimum Gasteiger partial charge on any atom is -0.379 e. The van der Waals surface area contributed by atoms with Crippen LogP contribution >= 0.6 is 0 Å². The third-order valence-corrected chi connectivity index (χ3v) is 3.98. The van der Waals surface area contributed by atoms with Crippen LogP contribution in [0.25, 0.3) is 0 Å². The first-order chi connectivity index (χ1) is 9.83. The highest BCUT2D eigenvalue weighted by molar-refractivity contribution is 5.55. The summed E-state index contributed by atoms with van der Waals surface area (Å²) in [7, 11) is 0. The summed E-state index contributed by atoms with van der Waals surface area (Å²) in [6.45, 7) is 5.19. The predicted molar refractivity (Wildman–Crippen MR) is 83.2 cm³/mol. The van der Waals surface area contributed by atoms with E-state index in [2.05, 4.69) is 44.5 Å². The summed E-state index contributed by atoms with van der Waals surface area (Å²) >= 11 is 0. The Morgan fingerprint density at radius 3 is 2.55 bits per heavy atom. The highest BCUT2D eigenvalue weighted by Crippen LogP contribution is 2.22. The van der Waals surface area contributed by atoms with Gasteiger partial charge in [-0.2, -0.15) is 0 Å². The van der Waals surface area contributed by atoms with Crippen molar-refractivity contribution in [2.24, 2.45) is 0 Å². The van der Waals surface area contributed by atoms with Crippen LogP contribution in [0.15, 0.2) is 30.6 Å². The Bertz CT molecular complexity index is 538. The van der Waals surface area contributed by atoms with Gasteiger partial charge in [0.1, 0.15) is 0 Å². The lowest BCUT2D eigenvalue weighted by Gasteiger charge is -2.28. The van der Waals surface area contributed by atoms with Gasteiger partial charge in [0, 0.05) is 30.2 Å². The van der Waals surface area contributed by atoms with E-state index in [1.54, 1.807) is 6.33 Å². The molecule has 2 heterocycles. The molecule has 0 radical (unpaired) electrons. The van der Waals surface area contributed by atoms with Crippen molar-refractivity contribution in [1.29, 1.82) is 0 Å². The zero-order chi connectivity index (χ0) is 13.8. The number of rotatable bonds is 4. The van der Waals surface area contributed by atoms with Gasteiger partial charge in [-0.15, -0.1) is 0 Å². The fourth-order valence-electron chi connectivity index (χ4n) is 2.69. The second kappa shape index (κ2) is 5.99. The Hall–Kier alpha value is -1.97. The van der Waals surface area contributed by atoms with Crippen molar-refractivity contribution in [1.82, 2.24) is 9.97 Å². The molecule has 0 aliphatic carbocycles. The van der Waals surface area contributed by atoms with Crippen LogP contribution in [0, 0.1) is 6.92 Å². The maximum absolute atomic E-state index is 4.30. The molecule has 0 spiro atoms. The smallest absolute Gasteiger partial charge is 0.0925 e. The minimum absolute atomic E-state index is 0.762. The molecule has 1 aliphatic rings. The van der Waals surface area contributed by atoms with Gasteiger partial charge in [0.25, 0.3) is 0 Å². The van der Waals surface area contributed by atoms with E-state index < -0.39 is 0 Å². The molecule has 4 nitrogen and oxygen atoms in total. The first-order valence-corrected chi connectivity index (χ1v) is 7.41. The fourth-order valence-corrected chi connectivity index (χ4v) is 2.69. The van der Waals surface area contributed by atoms with Crippen LogP contribution in [0.5, 0.6) is 0 Å². The molecule has 0 amide bonds. The number of aromatic nitrogens is 2. The molecule has 1 aromatic heterocycles. The van der Waals surface area contributed by atoms with Crippen molar-refractivity contribution in [3.8, 4) is 0 Å². The maximum Gasteiger partial charge on any atom is 0.0925 e. The topological polar surface area (TPSA) is 44.0 Å². The van der Waals surface area contributed by atoms with Gasteiger partial charge in [-0.3, -0.25) is 0 Å². The summed E-state index contributed by atoms with van der Waals surface area (Å²) in [4.78, 5) is 9.87. The number of nitrogens with zero attached hydrogens (tertiary/aromatic N) is 2. The first kappa shape index (κ1) is 13.0. The number of benzene rings is 1. The number of hydrogen-bond acceptors (Lipinski definition) is 3. The maximum atomic E-state index is 4.30. The summed E-state index contributed by atoms with van der Waals surface area (Å²) < 4.78 is 0. The molecule has 2 N–H and O–H groups in total. The number of hydrogen-bond donors (Lipinski definition) is 2. The second-order valence-electron chi connectivity index (χ2n) is 5.42. The molecule has 0 saturated carbocycles. The summed E-state index contributed by atoms with van der Waals surface area (Å²) in [6, 6.07) is 8.74. The molecule has 1 aliphatic heterocycles. The van der Waals surface area contributed by atoms with Gasteiger partial charge in [0.15, 0.2) is 0 Å². The molecule has 0 atom stereocenters. The van der Waals surface area contributed by atoms with Gasteiger partial charge < -0.3 is 15.2 Å². The standard InChI is InChI=1S/C16H22N4/c1-13-16(19-12-18-13)11-17-14-5-7-15(8-6-14)20-9-3-2-4-10-20/h5-8,12,17H,2-4,9-11H2,1H3,(H,18,19). The normalized spacial score (nSPS) is 15.3. The SMILES string of the molecule is Cc1[nH]cnc1CNc1ccc(N2CCCCC2)cc1. The lowest BCUT2D eigenvalue weighted by molar-refractivity contribution is 0.578. The number of nitrogens with one attached hydrogen (secondary N) is 2. The molecule has 1 fully saturated rings. The average molecular weight is 270 g/mol. The third-order valence-electron chi connectivity index (χ3n) is 3.98. The molecule has 2 aromatic rings. The van der Waals surface area contributed by atoms with Crippen molar-refractivity contribution >= 4 is 11.4 Å². The van der Waals surface area contributed by atoms with Crippen LogP contribution in [0.3, 0.4) is 0 Å². The van der Waals surface area contributed by atoms with Crippen molar-refractivity contribution in [2.75, 3.05) is 23.3 Å². The number of anilines is 2. The number of imidazole rings is 1. The van der Waals surface area contributed by atoms with E-state index in [9.17, 15) is 0 Å². The fraction of sp³-hybridized carbons (Fsp3) is 0.438. The second-order valence-corrected chi connectivity index (χ2v) is 5.42. The van der Waals surface area contributed by atoms with Crippen LogP contribution in [0.2, 0.25) is 0 Å². The summed E-state index contributed by atoms with van der Waals surface area (Å²) in [5.74, 6) is 0. The zero-order valence-corrected chi connectivity index (χ0v) is 12.0. The van der Waals surface area contributed by atoms with Crippen molar-refractivity contribution in [3.05, 3.63) is 42.0 Å². The summed E-state index contributed by atoms with van der Waals surface area (Å²) in [6.07, 6.45) is 5.75. The lowest BCUT2D eigenvalue weighted by atomic mass is 10.1. The zero-order valence-electron chi connectivity index (χ0n) is 12.0. The van der Waals surface area contributed by atoms with Crippen LogP contribution < -0.4 is 10.2 Å². The van der Waals surface area contributed by atoms with Gasteiger partial charge in [-0.25, -0.2) is 4.98 Å². The molecule has 1 aromatic carbocycles. The average Bonchev–Trinajstić information content (AvgIpc) is 2.92. The molecular formula is C16H22N4. The van der Waals surface area contributed by atoms with E-state index in [0.29, 0.717) is 0 Å². The Balaban J connectivity index is 1.59. The quantitative estimate of drug-likeness (QED) is 0.895. The molecular weight excluding hydrogens is 248 g/mol. The van der Waals surface area contributed by atoms with Crippen LogP contribution in [0.1, 0.15) is 30.7 Å². The molecule has 3 rings (SSSR count). The van der Waals surface area contributed by atoms with Crippen molar-refractivity contribution in [3.63, 3.8) is 0 Å². The van der Waals surface area contributed by atoms with E-state index in [4.69, 9.17) is 0 Å². The number of aromatic amines is 1. The summed E-state index contributed by atoms with van der Waals surface area (Å²) in [5, 5.41) is 3.42. The Morgan fingerprint density at radius 2 is 1.90 bits per heavy atom. The summed E-state index contributed by atoms with van der Waals surface area (Å²) in [5.41, 5.74) is 4.69. The molecule has 0 unspecified atom stereocenters. The van der Waals surface area contributed by atoms with Crippen LogP contribution in [-0.2, 0) is 6.54 Å². The molecule has 20 heavy (non-hydrogen) atoms. The largest absolute Gasteiger partial charge is 0.379 e. The third kappa shape index (κ3) is 2.95. The monoisotopic (exact) mass is 270 g/mol. The van der Waals surface area contributed by atoms with Crippen LogP contribution in [0.4, 0.5) is 11.4 Å². The molecule has 1 saturated heterocycles. The Morgan fingerprint density at radius 1 is 1.15 bits per heavy atom. The highest BCUT2D eigenvalue weighted by atomic mass is 15.1. The molecule has 4 heteroatoms. The number of piperidine rings is 1. The predicted octanol–water partition coefficient (Wildman–Crippen LogP) is 3.32. The number of H-pyrrole nitrogens is 1. The van der Waals surface area contributed by atoms with E-state index in [-0.39, 0.29) is 0 Å². The van der Waals surface area contributed by atoms with Gasteiger partial charge in [0.2, 0.25) is 0 Å². The Labute approximate surface area is 120 Å². The van der Waals surface area contributed by atoms with Gasteiger partial charge in [0.05, 0.1) is 18.6 Å². The molecule has 0 bridgehead atoms. The molecule has 106 valence electrons. The van der Waals surface area contributed by atoms with E-state index >= 15 is 0 Å². The van der Waals surface area contributed by atoms with Gasteiger partial charge >= 0.3 is 0 Å². The minimum atomic E-state index is 0.762. The first-order valence-electron chi connectivity index (χ1n) is 7.41. The van der Waals surface area contributed by atoms with Crippen LogP contribution in [-0.4, -0.2) is 23.1 Å². The lowest BCUT2D eigenvalue weighted by Crippen LogP contribution is -2.29. The van der Waals surface area contributed by atoms with E-state index in [1.165, 1.54) is 38.0 Å². The number of aryl methyl sites for hydroxylation is 1. The van der Waals surface area contributed by atoms with Gasteiger partial charge in [-0.05, 0) is 50.5 Å². The van der Waals surface area contributed by atoms with Gasteiger partial charge in [-0.1, -0.05) is 0 Å². The van der Waals surface area contributed by atoms with Crippen molar-refractivity contribution in [2.45, 2.75) is 32.7 Å².